The Kier molecular flexibility index (Phi) is 65.7. The zero-order chi connectivity index (χ0) is 108. The van der Waals surface area contributed by atoms with Crippen LogP contribution in [0, 0.1) is 180 Å². The SMILES string of the molecule is COC(=O)c1ccnc(-c2[c-]cccc2)c1.COC(=O)c1ccnc(-c2[c-]cccc2)c1.C[N+](C)(C)c1c(F)c[c-]c(-c2ccccn2)c1F.C[N+](C)(C)c1c(F)c[c-]c(-c2ccccn2)c1F.Cc1ccnc(-c2[c-]cc(F)cc2F)c1.Cc1ccnc(-c2[c-]cc(F)cc2F)c1.[C-]#N.[C-]#N.[C-]#N.[C-]#N.[C-]#N.[C-]#N.[Ir].[Ir].[Ir].[Ir].[c-]1ccccc1-c1ccccn1.[c-]1ccccc1-c1ccccn1.c1ccc(-c2ccccn2)nc1. The molecule has 0 atom stereocenters. The van der Waals surface area contributed by atoms with Gasteiger partial charge in [0.05, 0.1) is 79.0 Å². The van der Waals surface area contributed by atoms with Gasteiger partial charge in [0.25, 0.3) is 0 Å². The average Bonchev–Trinajstić information content (AvgIpc) is 0.786. The Balaban J connectivity index is 0.00000164. The first-order chi connectivity index (χ1) is 70.7. The second-order valence-electron chi connectivity index (χ2n) is 30.1. The number of aryl methyl sites for hydroxylation is 2. The number of carbonyl (C=O) groups excluding carboxylic acids is 2. The van der Waals surface area contributed by atoms with E-state index in [4.69, 9.17) is 71.0 Å². The molecule has 0 fully saturated rings. The number of hydrogen-bond donors (Lipinski definition) is 0. The molecule has 0 spiro atoms. The van der Waals surface area contributed by atoms with Crippen LogP contribution in [-0.4, -0.2) is 118 Å². The number of quaternary nitrogens is 2. The summed E-state index contributed by atoms with van der Waals surface area (Å²) in [6.07, 6.45) is 16.6. The van der Waals surface area contributed by atoms with Crippen LogP contribution in [0.4, 0.5) is 46.5 Å². The molecule has 0 N–H and O–H groups in total. The average molecular weight is 2720 g/mol. The van der Waals surface area contributed by atoms with Crippen molar-refractivity contribution >= 4 is 23.3 Å². The maximum Gasteiger partial charge on any atom is 0.337 e. The van der Waals surface area contributed by atoms with E-state index in [1.54, 1.807) is 177 Å². The number of aromatic nitrogens is 10. The van der Waals surface area contributed by atoms with Gasteiger partial charge in [0, 0.05) is 166 Å². The first-order valence-corrected chi connectivity index (χ1v) is 42.5. The van der Waals surface area contributed by atoms with E-state index in [9.17, 15) is 44.7 Å². The van der Waals surface area contributed by atoms with E-state index in [2.05, 4.69) is 108 Å². The van der Waals surface area contributed by atoms with E-state index in [0.717, 1.165) is 92.6 Å². The molecule has 0 aliphatic heterocycles. The molecule has 0 saturated heterocycles. The zero-order valence-electron chi connectivity index (χ0n) is 81.5. The number of methoxy groups -OCH3 is 2. The van der Waals surface area contributed by atoms with E-state index in [1.165, 1.54) is 14.2 Å². The van der Waals surface area contributed by atoms with Crippen molar-refractivity contribution in [1.29, 1.82) is 31.6 Å². The molecule has 18 aromatic rings. The molecule has 34 heteroatoms. The smallest absolute Gasteiger partial charge is 0.337 e. The normalized spacial score (nSPS) is 9.35. The van der Waals surface area contributed by atoms with E-state index >= 15 is 0 Å². The van der Waals surface area contributed by atoms with E-state index in [-0.39, 0.29) is 135 Å². The Labute approximate surface area is 922 Å². The van der Waals surface area contributed by atoms with Gasteiger partial charge in [-0.2, -0.15) is 0 Å². The maximum absolute atomic E-state index is 14.4. The maximum atomic E-state index is 14.4. The molecule has 0 saturated carbocycles. The van der Waals surface area contributed by atoms with Gasteiger partial charge in [-0.15, -0.1) is 192 Å². The predicted octanol–water partition coefficient (Wildman–Crippen LogP) is 24.8. The third-order valence-electron chi connectivity index (χ3n) is 18.5. The van der Waals surface area contributed by atoms with Crippen LogP contribution in [0.2, 0.25) is 0 Å². The summed E-state index contributed by atoms with van der Waals surface area (Å²) in [7, 11) is 13.0. The number of pyridine rings is 10. The van der Waals surface area contributed by atoms with Crippen LogP contribution < -0.4 is 8.97 Å². The predicted molar refractivity (Wildman–Crippen MR) is 536 cm³/mol. The van der Waals surface area contributed by atoms with Crippen LogP contribution in [-0.2, 0) is 89.9 Å². The van der Waals surface area contributed by atoms with Gasteiger partial charge in [-0.25, -0.2) is 9.59 Å². The van der Waals surface area contributed by atoms with Gasteiger partial charge in [0.2, 0.25) is 0 Å². The Hall–Kier alpha value is -16.9. The van der Waals surface area contributed by atoms with Crippen molar-refractivity contribution in [2.75, 3.05) is 56.5 Å². The number of ether oxygens (including phenoxy) is 2. The van der Waals surface area contributed by atoms with Crippen LogP contribution in [0.25, 0.3) is 101 Å². The van der Waals surface area contributed by atoms with E-state index in [0.29, 0.717) is 45.3 Å². The quantitative estimate of drug-likeness (QED) is 0.0448. The Morgan fingerprint density at radius 1 is 0.260 bits per heavy atom. The molecule has 0 bridgehead atoms. The number of benzene rings is 8. The Morgan fingerprint density at radius 2 is 0.500 bits per heavy atom. The number of rotatable bonds is 13. The van der Waals surface area contributed by atoms with Gasteiger partial charge < -0.3 is 129 Å². The second kappa shape index (κ2) is 74.0. The molecule has 0 unspecified atom stereocenters. The van der Waals surface area contributed by atoms with Gasteiger partial charge in [-0.05, 0) is 132 Å². The molecule has 10 aromatic heterocycles. The second-order valence-corrected chi connectivity index (χ2v) is 30.1. The molecule has 770 valence electrons. The molecule has 0 amide bonds. The summed E-state index contributed by atoms with van der Waals surface area (Å²) in [5.41, 5.74) is 14.5. The van der Waals surface area contributed by atoms with Crippen molar-refractivity contribution in [1.82, 2.24) is 58.8 Å². The van der Waals surface area contributed by atoms with Crippen molar-refractivity contribution in [3.8, 4) is 101 Å². The van der Waals surface area contributed by atoms with Gasteiger partial charge in [0.15, 0.2) is 0 Å². The molecule has 150 heavy (non-hydrogen) atoms. The van der Waals surface area contributed by atoms with Crippen LogP contribution in [0.15, 0.2) is 353 Å². The summed E-state index contributed by atoms with van der Waals surface area (Å²) >= 11 is 0. The molecule has 0 aliphatic carbocycles. The first kappa shape index (κ1) is 133. The molecular weight excluding hydrogens is 2630 g/mol. The summed E-state index contributed by atoms with van der Waals surface area (Å²) < 4.78 is 118. The molecule has 4 radical (unpaired) electrons. The summed E-state index contributed by atoms with van der Waals surface area (Å²) in [4.78, 5) is 64.0. The summed E-state index contributed by atoms with van der Waals surface area (Å²) in [5.74, 6) is -5.70. The van der Waals surface area contributed by atoms with Crippen molar-refractivity contribution in [2.24, 2.45) is 0 Å². The van der Waals surface area contributed by atoms with Crippen LogP contribution in [0.5, 0.6) is 0 Å². The van der Waals surface area contributed by atoms with Gasteiger partial charge in [-0.1, -0.05) is 130 Å². The van der Waals surface area contributed by atoms with E-state index < -0.39 is 46.5 Å². The molecule has 18 rings (SSSR count). The van der Waals surface area contributed by atoms with E-state index in [1.807, 2.05) is 196 Å². The minimum Gasteiger partial charge on any atom is -0.512 e. The van der Waals surface area contributed by atoms with Crippen LogP contribution in [0.3, 0.4) is 0 Å². The zero-order valence-corrected chi connectivity index (χ0v) is 91.1. The van der Waals surface area contributed by atoms with Crippen LogP contribution in [0.1, 0.15) is 31.8 Å². The summed E-state index contributed by atoms with van der Waals surface area (Å²) in [5, 5.41) is 37.5. The number of halogens is 8. The van der Waals surface area contributed by atoms with Crippen molar-refractivity contribution in [2.45, 2.75) is 13.8 Å². The van der Waals surface area contributed by atoms with Gasteiger partial charge >= 0.3 is 11.9 Å². The van der Waals surface area contributed by atoms with Crippen molar-refractivity contribution < 1.29 is 135 Å². The fourth-order valence-electron chi connectivity index (χ4n) is 12.2. The largest absolute Gasteiger partial charge is 0.512 e. The molecule has 10 heterocycles. The van der Waals surface area contributed by atoms with Gasteiger partial charge in [0.1, 0.15) is 34.6 Å². The van der Waals surface area contributed by atoms with Crippen molar-refractivity contribution in [3.63, 3.8) is 0 Å². The minimum atomic E-state index is -0.645. The Morgan fingerprint density at radius 3 is 0.740 bits per heavy atom. The number of hydrogen-bond acceptors (Lipinski definition) is 20. The van der Waals surface area contributed by atoms with Crippen molar-refractivity contribution in [3.05, 3.63) is 510 Å². The number of nitrogens with zero attached hydrogens (tertiary/aromatic N) is 18. The standard InChI is InChI=1S/2C14H14F2N2.2C13H10NO2.2C12H8F2N.2C11H8N.C10H8N2.6CN.4Ir/c2*1-18(2,3)14-11(15)8-7-10(13(14)16)12-6-4-5-9-17-12;2*1-16-13(15)11-7-8-14-12(9-11)10-5-3-2-4-6-10;2*1-8-4-5-15-12(6-8)10-3-2-9(13)7-11(10)14;2*1-2-6-10(7-3-1)11-8-4-5-9-12-11;1-3-7-11-9(5-1)10-6-2-4-8-12-10;6*1-2;;;;/h2*4-6,8-9H,1-3H3;2*2-5,7-9H,1H3;2*2,4-7H,1H3;2*1-6,8-9H;1-8H;;;;;;;;;;/q;;6*-1;;6*-1;;;;. The van der Waals surface area contributed by atoms with Crippen LogP contribution >= 0.6 is 0 Å². The third-order valence-corrected chi connectivity index (χ3v) is 18.5. The topological polar surface area (TPSA) is 324 Å². The molecule has 8 aromatic carbocycles. The third kappa shape index (κ3) is 44.6. The molecular formula is C116H88F8Ir4N18O4-12. The first-order valence-electron chi connectivity index (χ1n) is 42.5. The fourth-order valence-corrected chi connectivity index (χ4v) is 12.2. The number of esters is 2. The van der Waals surface area contributed by atoms with Gasteiger partial charge in [-0.3, -0.25) is 45.1 Å². The number of carbonyl (C=O) groups is 2. The Bertz CT molecular complexity index is 6450. The summed E-state index contributed by atoms with van der Waals surface area (Å²) in [6, 6.07) is 107. The monoisotopic (exact) mass is 2720 g/mol. The minimum absolute atomic E-state index is 0. The summed E-state index contributed by atoms with van der Waals surface area (Å²) in [6.45, 7) is 32.3. The molecule has 0 aliphatic rings. The fraction of sp³-hybridized carbons (Fsp3) is 0.0862. The molecule has 22 nitrogen and oxygen atoms in total.